The van der Waals surface area contributed by atoms with Crippen molar-refractivity contribution in [1.29, 1.82) is 0 Å². The number of aliphatic hydroxyl groups is 1. The first kappa shape index (κ1) is 15.4. The summed E-state index contributed by atoms with van der Waals surface area (Å²) in [6.45, 7) is 0.436. The maximum Gasteiger partial charge on any atom is 0.140 e. The number of aliphatic hydroxyl groups excluding tert-OH is 1. The van der Waals surface area contributed by atoms with Gasteiger partial charge in [-0.3, -0.25) is 0 Å². The molecule has 4 heteroatoms. The first-order valence-corrected chi connectivity index (χ1v) is 8.20. The molecule has 0 saturated carbocycles. The molecular weight excluding hydrogens is 312 g/mol. The molecule has 0 aliphatic heterocycles. The number of furan rings is 1. The average Bonchev–Trinajstić information content (AvgIpc) is 3.34. The minimum atomic E-state index is -0.593. The van der Waals surface area contributed by atoms with Crippen LogP contribution in [0.2, 0.25) is 0 Å². The molecule has 0 aliphatic rings. The van der Waals surface area contributed by atoms with Gasteiger partial charge in [0.2, 0.25) is 0 Å². The topological polar surface area (TPSA) is 51.2 Å². The highest BCUT2D eigenvalue weighted by atomic mass is 16.3. The maximum atomic E-state index is 10.5. The van der Waals surface area contributed by atoms with E-state index in [1.807, 2.05) is 77.5 Å². The third-order valence-electron chi connectivity index (χ3n) is 4.22. The summed E-state index contributed by atoms with van der Waals surface area (Å²) in [7, 11) is 0. The van der Waals surface area contributed by atoms with Crippen LogP contribution in [-0.4, -0.2) is 14.7 Å². The number of hydrogen-bond donors (Lipinski definition) is 1. The average molecular weight is 330 g/mol. The van der Waals surface area contributed by atoms with Gasteiger partial charge in [0.05, 0.1) is 18.9 Å². The summed E-state index contributed by atoms with van der Waals surface area (Å²) in [5.41, 5.74) is 2.85. The van der Waals surface area contributed by atoms with Crippen LogP contribution in [0.1, 0.15) is 11.7 Å². The van der Waals surface area contributed by atoms with E-state index in [0.717, 1.165) is 28.3 Å². The molecule has 2 aromatic heterocycles. The summed E-state index contributed by atoms with van der Waals surface area (Å²) in [5, 5.41) is 10.5. The minimum absolute atomic E-state index is 0.436. The maximum absolute atomic E-state index is 10.5. The zero-order valence-corrected chi connectivity index (χ0v) is 13.6. The van der Waals surface area contributed by atoms with Gasteiger partial charge in [0.15, 0.2) is 0 Å². The fraction of sp³-hybridized carbons (Fsp3) is 0.0952. The van der Waals surface area contributed by atoms with Crippen molar-refractivity contribution in [2.45, 2.75) is 12.6 Å². The first-order chi connectivity index (χ1) is 12.3. The highest BCUT2D eigenvalue weighted by Gasteiger charge is 2.16. The number of nitrogens with zero attached hydrogens (tertiary/aromatic N) is 2. The predicted octanol–water partition coefficient (Wildman–Crippen LogP) is 4.54. The molecule has 25 heavy (non-hydrogen) atoms. The van der Waals surface area contributed by atoms with Crippen LogP contribution in [0.15, 0.2) is 89.8 Å². The van der Waals surface area contributed by atoms with Crippen molar-refractivity contribution in [3.63, 3.8) is 0 Å². The fourth-order valence-corrected chi connectivity index (χ4v) is 2.99. The van der Waals surface area contributed by atoms with E-state index < -0.39 is 6.10 Å². The molecular formula is C21H18N2O2. The van der Waals surface area contributed by atoms with E-state index in [4.69, 9.17) is 4.42 Å². The van der Waals surface area contributed by atoms with Gasteiger partial charge in [-0.2, -0.15) is 0 Å². The number of aromatic nitrogens is 2. The van der Waals surface area contributed by atoms with Gasteiger partial charge in [0, 0.05) is 23.5 Å². The highest BCUT2D eigenvalue weighted by molar-refractivity contribution is 5.78. The van der Waals surface area contributed by atoms with Crippen LogP contribution in [0.3, 0.4) is 0 Å². The number of benzene rings is 2. The van der Waals surface area contributed by atoms with Gasteiger partial charge < -0.3 is 14.1 Å². The standard InChI is InChI=1S/C21H18N2O2/c24-19(16-7-2-1-3-8-16)15-23-13-12-22-21(23)18-10-5-4-9-17(18)20-11-6-14-25-20/h1-14,19,24H,15H2/t19-/m1/s1. The van der Waals surface area contributed by atoms with E-state index in [9.17, 15) is 5.11 Å². The lowest BCUT2D eigenvalue weighted by molar-refractivity contribution is 0.157. The second-order valence-electron chi connectivity index (χ2n) is 5.85. The summed E-state index contributed by atoms with van der Waals surface area (Å²) in [6.07, 6.45) is 4.72. The molecule has 0 saturated heterocycles. The van der Waals surface area contributed by atoms with Crippen LogP contribution < -0.4 is 0 Å². The molecule has 0 fully saturated rings. The van der Waals surface area contributed by atoms with Crippen molar-refractivity contribution in [2.75, 3.05) is 0 Å². The lowest BCUT2D eigenvalue weighted by atomic mass is 10.0. The molecule has 0 radical (unpaired) electrons. The second-order valence-corrected chi connectivity index (χ2v) is 5.85. The van der Waals surface area contributed by atoms with Crippen molar-refractivity contribution in [2.24, 2.45) is 0 Å². The second kappa shape index (κ2) is 6.79. The molecule has 0 unspecified atom stereocenters. The van der Waals surface area contributed by atoms with Gasteiger partial charge in [-0.1, -0.05) is 54.6 Å². The van der Waals surface area contributed by atoms with Gasteiger partial charge in [-0.05, 0) is 17.7 Å². The molecule has 2 aromatic carbocycles. The molecule has 1 atom stereocenters. The third-order valence-corrected chi connectivity index (χ3v) is 4.22. The van der Waals surface area contributed by atoms with Crippen LogP contribution >= 0.6 is 0 Å². The Kier molecular flexibility index (Phi) is 4.19. The molecule has 0 amide bonds. The van der Waals surface area contributed by atoms with Crippen LogP contribution in [0, 0.1) is 0 Å². The largest absolute Gasteiger partial charge is 0.464 e. The SMILES string of the molecule is O[C@H](Cn1ccnc1-c1ccccc1-c1ccco1)c1ccccc1. The van der Waals surface area contributed by atoms with Crippen molar-refractivity contribution >= 4 is 0 Å². The summed E-state index contributed by atoms with van der Waals surface area (Å²) < 4.78 is 7.53. The quantitative estimate of drug-likeness (QED) is 0.584. The van der Waals surface area contributed by atoms with Crippen LogP contribution in [0.5, 0.6) is 0 Å². The number of imidazole rings is 1. The summed E-state index contributed by atoms with van der Waals surface area (Å²) in [4.78, 5) is 4.51. The molecule has 1 N–H and O–H groups in total. The van der Waals surface area contributed by atoms with Crippen LogP contribution in [0.25, 0.3) is 22.7 Å². The Morgan fingerprint density at radius 3 is 2.44 bits per heavy atom. The Morgan fingerprint density at radius 1 is 0.920 bits per heavy atom. The molecule has 4 aromatic rings. The Labute approximate surface area is 146 Å². The van der Waals surface area contributed by atoms with E-state index in [2.05, 4.69) is 4.98 Å². The van der Waals surface area contributed by atoms with Crippen molar-refractivity contribution in [1.82, 2.24) is 9.55 Å². The fourth-order valence-electron chi connectivity index (χ4n) is 2.99. The predicted molar refractivity (Wildman–Crippen MR) is 96.8 cm³/mol. The normalized spacial score (nSPS) is 12.2. The highest BCUT2D eigenvalue weighted by Crippen LogP contribution is 2.32. The zero-order valence-electron chi connectivity index (χ0n) is 13.6. The van der Waals surface area contributed by atoms with Crippen LogP contribution in [-0.2, 0) is 6.54 Å². The van der Waals surface area contributed by atoms with Crippen molar-refractivity contribution in [3.8, 4) is 22.7 Å². The van der Waals surface area contributed by atoms with E-state index in [0.29, 0.717) is 6.54 Å². The zero-order chi connectivity index (χ0) is 17.1. The third kappa shape index (κ3) is 3.12. The van der Waals surface area contributed by atoms with Crippen molar-refractivity contribution < 1.29 is 9.52 Å². The van der Waals surface area contributed by atoms with E-state index in [1.54, 1.807) is 12.5 Å². The van der Waals surface area contributed by atoms with Gasteiger partial charge in [-0.25, -0.2) is 4.98 Å². The summed E-state index contributed by atoms with van der Waals surface area (Å²) >= 11 is 0. The lowest BCUT2D eigenvalue weighted by Gasteiger charge is -2.15. The Balaban J connectivity index is 1.69. The van der Waals surface area contributed by atoms with Gasteiger partial charge in [0.25, 0.3) is 0 Å². The minimum Gasteiger partial charge on any atom is -0.464 e. The Morgan fingerprint density at radius 2 is 1.68 bits per heavy atom. The van der Waals surface area contributed by atoms with E-state index >= 15 is 0 Å². The smallest absolute Gasteiger partial charge is 0.140 e. The van der Waals surface area contributed by atoms with E-state index in [1.165, 1.54) is 0 Å². The van der Waals surface area contributed by atoms with Gasteiger partial charge >= 0.3 is 0 Å². The van der Waals surface area contributed by atoms with E-state index in [-0.39, 0.29) is 0 Å². The number of hydrogen-bond acceptors (Lipinski definition) is 3. The van der Waals surface area contributed by atoms with Crippen molar-refractivity contribution in [3.05, 3.63) is 91.0 Å². The molecule has 4 nitrogen and oxygen atoms in total. The summed E-state index contributed by atoms with van der Waals surface area (Å²) in [6, 6.07) is 21.5. The Bertz CT molecular complexity index is 943. The molecule has 4 rings (SSSR count). The Hall–Kier alpha value is -3.11. The van der Waals surface area contributed by atoms with Gasteiger partial charge in [0.1, 0.15) is 11.6 Å². The monoisotopic (exact) mass is 330 g/mol. The first-order valence-electron chi connectivity index (χ1n) is 8.20. The number of rotatable bonds is 5. The molecule has 2 heterocycles. The molecule has 0 aliphatic carbocycles. The lowest BCUT2D eigenvalue weighted by Crippen LogP contribution is -2.09. The molecule has 124 valence electrons. The molecule has 0 bridgehead atoms. The summed E-state index contributed by atoms with van der Waals surface area (Å²) in [5.74, 6) is 1.61. The van der Waals surface area contributed by atoms with Gasteiger partial charge in [-0.15, -0.1) is 0 Å². The molecule has 0 spiro atoms. The van der Waals surface area contributed by atoms with Crippen LogP contribution in [0.4, 0.5) is 0 Å².